The number of fused-ring (bicyclic) bond motifs is 1. The Labute approximate surface area is 261 Å². The molecule has 2 aromatic heterocycles. The third kappa shape index (κ3) is 6.87. The molecular weight excluding hydrogens is 582 g/mol. The van der Waals surface area contributed by atoms with Crippen molar-refractivity contribution in [2.24, 2.45) is 0 Å². The highest BCUT2D eigenvalue weighted by Gasteiger charge is 2.41. The monoisotopic (exact) mass is 617 g/mol. The Morgan fingerprint density at radius 1 is 0.932 bits per heavy atom. The van der Waals surface area contributed by atoms with Crippen molar-refractivity contribution in [1.82, 2.24) is 19.5 Å². The molecule has 11 heteroatoms. The van der Waals surface area contributed by atoms with Gasteiger partial charge in [0.15, 0.2) is 17.0 Å². The van der Waals surface area contributed by atoms with Crippen LogP contribution < -0.4 is 5.32 Å². The topological polar surface area (TPSA) is 117 Å². The van der Waals surface area contributed by atoms with E-state index in [4.69, 9.17) is 25.8 Å². The number of benzene rings is 2. The number of aromatic nitrogens is 4. The number of ether oxygens (including phenoxy) is 3. The summed E-state index contributed by atoms with van der Waals surface area (Å²) in [6.45, 7) is 3.79. The number of hydrogen-bond donors (Lipinski definition) is 1. The number of rotatable bonds is 8. The first-order valence-electron chi connectivity index (χ1n) is 15.2. The summed E-state index contributed by atoms with van der Waals surface area (Å²) < 4.78 is 19.7. The summed E-state index contributed by atoms with van der Waals surface area (Å²) >= 11 is 6.40. The van der Waals surface area contributed by atoms with E-state index >= 15 is 0 Å². The minimum absolute atomic E-state index is 0.0966. The van der Waals surface area contributed by atoms with E-state index in [1.807, 2.05) is 38.1 Å². The van der Waals surface area contributed by atoms with Crippen LogP contribution in [0.2, 0.25) is 5.28 Å². The average molecular weight is 618 g/mol. The molecule has 1 saturated carbocycles. The fourth-order valence-corrected chi connectivity index (χ4v) is 5.95. The Balaban J connectivity index is 1.23. The zero-order valence-electron chi connectivity index (χ0n) is 24.9. The molecule has 1 aliphatic carbocycles. The number of halogens is 1. The van der Waals surface area contributed by atoms with Crippen molar-refractivity contribution in [3.05, 3.63) is 82.4 Å². The van der Waals surface area contributed by atoms with Crippen LogP contribution in [-0.4, -0.2) is 56.3 Å². The summed E-state index contributed by atoms with van der Waals surface area (Å²) in [5.41, 5.74) is 4.02. The van der Waals surface area contributed by atoms with Crippen molar-refractivity contribution in [2.45, 2.75) is 83.3 Å². The first-order valence-corrected chi connectivity index (χ1v) is 15.6. The molecule has 10 nitrogen and oxygen atoms in total. The molecule has 0 unspecified atom stereocenters. The van der Waals surface area contributed by atoms with Crippen molar-refractivity contribution in [1.29, 1.82) is 0 Å². The van der Waals surface area contributed by atoms with Gasteiger partial charge in [-0.3, -0.25) is 4.57 Å². The Hall–Kier alpha value is -4.02. The summed E-state index contributed by atoms with van der Waals surface area (Å²) in [6, 6.07) is 14.6. The van der Waals surface area contributed by atoms with Gasteiger partial charge in [0.05, 0.1) is 17.5 Å². The van der Waals surface area contributed by atoms with E-state index in [9.17, 15) is 9.59 Å². The van der Waals surface area contributed by atoms with Gasteiger partial charge in [-0.15, -0.1) is 0 Å². The molecule has 2 fully saturated rings. The number of carbonyl (C=O) groups is 2. The Kier molecular flexibility index (Phi) is 9.09. The van der Waals surface area contributed by atoms with Gasteiger partial charge in [0.2, 0.25) is 5.28 Å². The van der Waals surface area contributed by atoms with Gasteiger partial charge in [0.25, 0.3) is 0 Å². The summed E-state index contributed by atoms with van der Waals surface area (Å²) in [6.07, 6.45) is 6.85. The molecule has 0 amide bonds. The van der Waals surface area contributed by atoms with Crippen LogP contribution in [0.4, 0.5) is 5.82 Å². The minimum Gasteiger partial charge on any atom is -0.459 e. The third-order valence-electron chi connectivity index (χ3n) is 8.29. The molecule has 6 rings (SSSR count). The fraction of sp³-hybridized carbons (Fsp3) is 0.424. The molecule has 2 aromatic carbocycles. The molecule has 2 aliphatic rings. The van der Waals surface area contributed by atoms with Gasteiger partial charge < -0.3 is 19.5 Å². The van der Waals surface area contributed by atoms with E-state index in [0.717, 1.165) is 24.0 Å². The predicted molar refractivity (Wildman–Crippen MR) is 166 cm³/mol. The predicted octanol–water partition coefficient (Wildman–Crippen LogP) is 6.60. The SMILES string of the molecule is Cc1ccc(C(=O)OC[C@H]2O[C@@H](n3cnc4c(NC5CCCCCC5)nc(Cl)nc43)C[C@@H]2OC(=O)c2ccc(C)cc2)cc1. The lowest BCUT2D eigenvalue weighted by Gasteiger charge is -2.19. The standard InChI is InChI=1S/C33H36ClN5O5/c1-20-9-13-22(14-10-20)31(40)42-18-26-25(44-32(41)23-15-11-21(2)12-16-23)17-27(43-26)39-19-35-28-29(37-33(34)38-30(28)39)36-24-7-5-3-4-6-8-24/h9-16,19,24-27H,3-8,17-18H2,1-2H3,(H,36,37,38)/t25-,26+,27+/m0/s1. The largest absolute Gasteiger partial charge is 0.459 e. The maximum atomic E-state index is 13.1. The van der Waals surface area contributed by atoms with Crippen molar-refractivity contribution < 1.29 is 23.8 Å². The molecule has 1 N–H and O–H groups in total. The van der Waals surface area contributed by atoms with Gasteiger partial charge in [0.1, 0.15) is 25.0 Å². The Morgan fingerprint density at radius 2 is 1.57 bits per heavy atom. The van der Waals surface area contributed by atoms with E-state index < -0.39 is 30.4 Å². The smallest absolute Gasteiger partial charge is 0.338 e. The molecule has 3 atom stereocenters. The van der Waals surface area contributed by atoms with Crippen molar-refractivity contribution >= 4 is 40.5 Å². The third-order valence-corrected chi connectivity index (χ3v) is 8.46. The van der Waals surface area contributed by atoms with Crippen LogP contribution in [0, 0.1) is 13.8 Å². The number of imidazole rings is 1. The number of nitrogens with one attached hydrogen (secondary N) is 1. The molecule has 4 aromatic rings. The normalized spacial score (nSPS) is 20.8. The van der Waals surface area contributed by atoms with Crippen LogP contribution in [0.15, 0.2) is 54.9 Å². The van der Waals surface area contributed by atoms with Gasteiger partial charge in [-0.1, -0.05) is 61.1 Å². The van der Waals surface area contributed by atoms with Crippen molar-refractivity contribution in [3.8, 4) is 0 Å². The van der Waals surface area contributed by atoms with E-state index in [-0.39, 0.29) is 17.9 Å². The minimum atomic E-state index is -0.720. The summed E-state index contributed by atoms with van der Waals surface area (Å²) in [5, 5.41) is 3.64. The van der Waals surface area contributed by atoms with Gasteiger partial charge in [-0.25, -0.2) is 14.6 Å². The molecular formula is C33H36ClN5O5. The second kappa shape index (κ2) is 13.3. The van der Waals surface area contributed by atoms with Crippen LogP contribution in [0.3, 0.4) is 0 Å². The lowest BCUT2D eigenvalue weighted by Crippen LogP contribution is -2.32. The first-order chi connectivity index (χ1) is 21.3. The summed E-state index contributed by atoms with van der Waals surface area (Å²) in [7, 11) is 0. The van der Waals surface area contributed by atoms with Crippen LogP contribution in [0.25, 0.3) is 11.2 Å². The lowest BCUT2D eigenvalue weighted by atomic mass is 10.1. The maximum Gasteiger partial charge on any atom is 0.338 e. The zero-order chi connectivity index (χ0) is 30.6. The highest BCUT2D eigenvalue weighted by molar-refractivity contribution is 6.28. The number of aryl methyl sites for hydroxylation is 2. The molecule has 0 spiro atoms. The van der Waals surface area contributed by atoms with E-state index in [1.54, 1.807) is 35.2 Å². The molecule has 44 heavy (non-hydrogen) atoms. The summed E-state index contributed by atoms with van der Waals surface area (Å²) in [4.78, 5) is 39.5. The van der Waals surface area contributed by atoms with Gasteiger partial charge in [0, 0.05) is 12.5 Å². The highest BCUT2D eigenvalue weighted by atomic mass is 35.5. The van der Waals surface area contributed by atoms with Crippen LogP contribution in [0.1, 0.15) is 83.0 Å². The van der Waals surface area contributed by atoms with E-state index in [2.05, 4.69) is 20.3 Å². The Morgan fingerprint density at radius 3 is 2.23 bits per heavy atom. The summed E-state index contributed by atoms with van der Waals surface area (Å²) in [5.74, 6) is -0.373. The van der Waals surface area contributed by atoms with Crippen LogP contribution in [-0.2, 0) is 14.2 Å². The number of anilines is 1. The molecule has 3 heterocycles. The lowest BCUT2D eigenvalue weighted by molar-refractivity contribution is -0.0563. The zero-order valence-corrected chi connectivity index (χ0v) is 25.6. The van der Waals surface area contributed by atoms with Crippen molar-refractivity contribution in [3.63, 3.8) is 0 Å². The second-order valence-electron chi connectivity index (χ2n) is 11.6. The second-order valence-corrected chi connectivity index (χ2v) is 12.0. The number of nitrogens with zero attached hydrogens (tertiary/aromatic N) is 4. The Bertz CT molecular complexity index is 1620. The fourth-order valence-electron chi connectivity index (χ4n) is 5.79. The van der Waals surface area contributed by atoms with Gasteiger partial charge in [-0.05, 0) is 62.6 Å². The van der Waals surface area contributed by atoms with E-state index in [0.29, 0.717) is 34.5 Å². The van der Waals surface area contributed by atoms with Crippen LogP contribution >= 0.6 is 11.6 Å². The highest BCUT2D eigenvalue weighted by Crippen LogP contribution is 2.35. The molecule has 230 valence electrons. The number of hydrogen-bond acceptors (Lipinski definition) is 9. The van der Waals surface area contributed by atoms with Gasteiger partial charge in [-0.2, -0.15) is 9.97 Å². The quantitative estimate of drug-likeness (QED) is 0.132. The maximum absolute atomic E-state index is 13.1. The molecule has 0 radical (unpaired) electrons. The molecule has 1 aliphatic heterocycles. The van der Waals surface area contributed by atoms with Crippen LogP contribution in [0.5, 0.6) is 0 Å². The number of esters is 2. The number of carbonyl (C=O) groups excluding carboxylic acids is 2. The van der Waals surface area contributed by atoms with Gasteiger partial charge >= 0.3 is 11.9 Å². The molecule has 0 bridgehead atoms. The average Bonchev–Trinajstić information content (AvgIpc) is 3.52. The van der Waals surface area contributed by atoms with E-state index in [1.165, 1.54) is 25.7 Å². The first kappa shape index (κ1) is 30.0. The molecule has 1 saturated heterocycles. The van der Waals surface area contributed by atoms with Crippen molar-refractivity contribution in [2.75, 3.05) is 11.9 Å².